The number of carbonyl (C=O) groups is 2. The predicted molar refractivity (Wildman–Crippen MR) is 154 cm³/mol. The van der Waals surface area contributed by atoms with Gasteiger partial charge in [-0.2, -0.15) is 10.1 Å². The van der Waals surface area contributed by atoms with Crippen LogP contribution in [0, 0.1) is 11.7 Å². The van der Waals surface area contributed by atoms with E-state index in [1.807, 2.05) is 6.07 Å². The lowest BCUT2D eigenvalue weighted by atomic mass is 10.0. The Balaban J connectivity index is 1.35. The molecule has 0 bridgehead atoms. The molecule has 2 amide bonds. The van der Waals surface area contributed by atoms with Crippen LogP contribution in [0.1, 0.15) is 30.6 Å². The molecule has 0 saturated carbocycles. The fourth-order valence-corrected chi connectivity index (χ4v) is 5.85. The van der Waals surface area contributed by atoms with E-state index in [-0.39, 0.29) is 42.0 Å². The number of carbonyl (C=O) groups excluding carboxylic acids is 2. The summed E-state index contributed by atoms with van der Waals surface area (Å²) < 4.78 is 22.1. The molecule has 2 saturated heterocycles. The molecule has 2 aliphatic heterocycles. The van der Waals surface area contributed by atoms with Gasteiger partial charge < -0.3 is 25.2 Å². The number of halogens is 1. The van der Waals surface area contributed by atoms with E-state index in [2.05, 4.69) is 44.4 Å². The van der Waals surface area contributed by atoms with Crippen LogP contribution in [0.25, 0.3) is 21.8 Å². The van der Waals surface area contributed by atoms with Crippen LogP contribution < -0.4 is 20.3 Å². The first-order valence-corrected chi connectivity index (χ1v) is 13.8. The number of anilines is 2. The van der Waals surface area contributed by atoms with Crippen LogP contribution in [0.15, 0.2) is 36.7 Å². The van der Waals surface area contributed by atoms with Crippen LogP contribution in [0.3, 0.4) is 0 Å². The molecule has 2 aromatic carbocycles. The minimum absolute atomic E-state index is 0.0351. The van der Waals surface area contributed by atoms with Gasteiger partial charge in [-0.05, 0) is 44.5 Å². The Hall–Kier alpha value is -4.32. The van der Waals surface area contributed by atoms with Gasteiger partial charge in [0.1, 0.15) is 12.1 Å². The van der Waals surface area contributed by atoms with Crippen molar-refractivity contribution in [2.75, 3.05) is 43.5 Å². The quantitative estimate of drug-likeness (QED) is 0.370. The summed E-state index contributed by atoms with van der Waals surface area (Å²) in [5, 5.41) is 11.8. The number of ether oxygens (including phenoxy) is 1. The number of fused-ring (bicyclic) bond motifs is 2. The van der Waals surface area contributed by atoms with Gasteiger partial charge >= 0.3 is 6.01 Å². The molecule has 3 atom stereocenters. The van der Waals surface area contributed by atoms with Crippen LogP contribution in [-0.2, 0) is 11.8 Å². The van der Waals surface area contributed by atoms with E-state index in [4.69, 9.17) is 4.74 Å². The molecule has 2 aromatic heterocycles. The molecule has 2 fully saturated rings. The minimum Gasteiger partial charge on any atom is -0.463 e. The average molecular weight is 561 g/mol. The molecule has 6 rings (SSSR count). The number of aryl methyl sites for hydroxylation is 1. The first kappa shape index (κ1) is 26.9. The zero-order valence-electron chi connectivity index (χ0n) is 23.5. The summed E-state index contributed by atoms with van der Waals surface area (Å²) in [5.41, 5.74) is 2.18. The summed E-state index contributed by atoms with van der Waals surface area (Å²) in [6, 6.07) is 7.23. The summed E-state index contributed by atoms with van der Waals surface area (Å²) >= 11 is 0. The number of hydrogen-bond donors (Lipinski definition) is 2. The summed E-state index contributed by atoms with van der Waals surface area (Å²) in [7, 11) is 3.49. The Morgan fingerprint density at radius 2 is 1.95 bits per heavy atom. The van der Waals surface area contributed by atoms with Crippen molar-refractivity contribution in [1.82, 2.24) is 30.0 Å². The van der Waals surface area contributed by atoms with E-state index in [9.17, 15) is 14.0 Å². The van der Waals surface area contributed by atoms with E-state index in [1.54, 1.807) is 43.5 Å². The van der Waals surface area contributed by atoms with Crippen molar-refractivity contribution in [3.05, 3.63) is 48.0 Å². The maximum Gasteiger partial charge on any atom is 0.316 e. The zero-order valence-corrected chi connectivity index (χ0v) is 23.5. The second-order valence-electron chi connectivity index (χ2n) is 11.1. The lowest BCUT2D eigenvalue weighted by molar-refractivity contribution is -0.130. The maximum atomic E-state index is 14.7. The third kappa shape index (κ3) is 5.26. The van der Waals surface area contributed by atoms with E-state index in [0.29, 0.717) is 40.5 Å². The molecule has 2 N–H and O–H groups in total. The summed E-state index contributed by atoms with van der Waals surface area (Å²) in [6.07, 6.45) is 4.07. The number of nitrogens with one attached hydrogen (secondary N) is 2. The van der Waals surface area contributed by atoms with Gasteiger partial charge in [0, 0.05) is 80.4 Å². The fraction of sp³-hybridized carbons (Fsp3) is 0.414. The van der Waals surface area contributed by atoms with Crippen LogP contribution in [0.5, 0.6) is 6.01 Å². The predicted octanol–water partition coefficient (Wildman–Crippen LogP) is 2.95. The molecule has 214 valence electrons. The second-order valence-corrected chi connectivity index (χ2v) is 11.1. The number of amides is 2. The van der Waals surface area contributed by atoms with Crippen molar-refractivity contribution >= 4 is 45.0 Å². The number of rotatable bonds is 6. The van der Waals surface area contributed by atoms with Crippen molar-refractivity contribution in [3.8, 4) is 6.01 Å². The number of likely N-dealkylation sites (tertiary alicyclic amines) is 1. The molecule has 0 aliphatic carbocycles. The Morgan fingerprint density at radius 3 is 2.68 bits per heavy atom. The van der Waals surface area contributed by atoms with Crippen LogP contribution in [0.4, 0.5) is 15.8 Å². The van der Waals surface area contributed by atoms with Crippen LogP contribution in [-0.4, -0.2) is 81.8 Å². The summed E-state index contributed by atoms with van der Waals surface area (Å²) in [5.74, 6) is -1.18. The molecule has 4 aromatic rings. The Morgan fingerprint density at radius 1 is 1.17 bits per heavy atom. The maximum absolute atomic E-state index is 14.7. The molecule has 0 radical (unpaired) electrons. The monoisotopic (exact) mass is 560 g/mol. The standard InChI is InChI=1S/C29H33FN8O3/c1-16-12-38(13-17(2)32-16)24-6-5-21(27(39)33-20-9-19-14-37(4)35-25(19)23(30)10-20)26-22(24)11-31-29(34-26)41-15-18-7-8-36(3)28(18)40/h5-6,9-11,14,16-18,32H,7-8,12-13,15H2,1-4H3,(H,33,39)/t16-,17+,18?. The van der Waals surface area contributed by atoms with Gasteiger partial charge in [-0.25, -0.2) is 9.37 Å². The highest BCUT2D eigenvalue weighted by atomic mass is 19.1. The molecule has 2 aliphatic rings. The summed E-state index contributed by atoms with van der Waals surface area (Å²) in [4.78, 5) is 39.0. The number of benzene rings is 2. The Bertz CT molecular complexity index is 1650. The van der Waals surface area contributed by atoms with Gasteiger partial charge in [-0.3, -0.25) is 14.3 Å². The zero-order chi connectivity index (χ0) is 28.8. The van der Waals surface area contributed by atoms with Gasteiger partial charge in [0.25, 0.3) is 5.91 Å². The third-order valence-corrected chi connectivity index (χ3v) is 7.73. The second kappa shape index (κ2) is 10.6. The highest BCUT2D eigenvalue weighted by molar-refractivity contribution is 6.14. The van der Waals surface area contributed by atoms with Crippen LogP contribution >= 0.6 is 0 Å². The van der Waals surface area contributed by atoms with Crippen molar-refractivity contribution in [2.24, 2.45) is 13.0 Å². The molecular formula is C29H33FN8O3. The normalized spacial score (nSPS) is 21.2. The fourth-order valence-electron chi connectivity index (χ4n) is 5.85. The van der Waals surface area contributed by atoms with Crippen LogP contribution in [0.2, 0.25) is 0 Å². The lowest BCUT2D eigenvalue weighted by Gasteiger charge is -2.38. The molecule has 1 unspecified atom stereocenters. The number of nitrogens with zero attached hydrogens (tertiary/aromatic N) is 6. The van der Waals surface area contributed by atoms with Gasteiger partial charge in [0.15, 0.2) is 5.82 Å². The van der Waals surface area contributed by atoms with E-state index in [1.165, 1.54) is 10.7 Å². The molecule has 4 heterocycles. The van der Waals surface area contributed by atoms with E-state index >= 15 is 0 Å². The number of aromatic nitrogens is 4. The molecule has 11 nitrogen and oxygen atoms in total. The largest absolute Gasteiger partial charge is 0.463 e. The van der Waals surface area contributed by atoms with E-state index in [0.717, 1.165) is 18.8 Å². The molecular weight excluding hydrogens is 527 g/mol. The molecule has 12 heteroatoms. The highest BCUT2D eigenvalue weighted by Crippen LogP contribution is 2.32. The average Bonchev–Trinajstić information content (AvgIpc) is 3.46. The first-order chi connectivity index (χ1) is 19.7. The third-order valence-electron chi connectivity index (χ3n) is 7.73. The molecule has 0 spiro atoms. The molecule has 41 heavy (non-hydrogen) atoms. The van der Waals surface area contributed by atoms with Crippen molar-refractivity contribution in [1.29, 1.82) is 0 Å². The smallest absolute Gasteiger partial charge is 0.316 e. The summed E-state index contributed by atoms with van der Waals surface area (Å²) in [6.45, 7) is 6.68. The van der Waals surface area contributed by atoms with E-state index < -0.39 is 11.7 Å². The van der Waals surface area contributed by atoms with Gasteiger partial charge in [0.05, 0.1) is 17.0 Å². The van der Waals surface area contributed by atoms with Crippen molar-refractivity contribution in [2.45, 2.75) is 32.4 Å². The highest BCUT2D eigenvalue weighted by Gasteiger charge is 2.30. The Kier molecular flexibility index (Phi) is 6.94. The van der Waals surface area contributed by atoms with Gasteiger partial charge in [-0.1, -0.05) is 0 Å². The number of hydrogen-bond acceptors (Lipinski definition) is 8. The van der Waals surface area contributed by atoms with Crippen molar-refractivity contribution < 1.29 is 18.7 Å². The minimum atomic E-state index is -0.523. The topological polar surface area (TPSA) is 118 Å². The van der Waals surface area contributed by atoms with Crippen molar-refractivity contribution in [3.63, 3.8) is 0 Å². The Labute approximate surface area is 236 Å². The van der Waals surface area contributed by atoms with Gasteiger partial charge in [-0.15, -0.1) is 0 Å². The van der Waals surface area contributed by atoms with Gasteiger partial charge in [0.2, 0.25) is 5.91 Å². The lowest BCUT2D eigenvalue weighted by Crippen LogP contribution is -2.54. The SMILES string of the molecule is C[C@@H]1CN(c2ccc(C(=O)Nc3cc(F)c4nn(C)cc4c3)c3nc(OCC4CCN(C)C4=O)ncc23)C[C@H](C)N1. The number of piperazine rings is 1. The first-order valence-electron chi connectivity index (χ1n) is 13.8.